The molecule has 80 valence electrons. The van der Waals surface area contributed by atoms with Crippen molar-refractivity contribution in [2.75, 3.05) is 0 Å². The van der Waals surface area contributed by atoms with Crippen LogP contribution in [-0.4, -0.2) is 11.9 Å². The van der Waals surface area contributed by atoms with Gasteiger partial charge in [-0.3, -0.25) is 11.5 Å². The van der Waals surface area contributed by atoms with Gasteiger partial charge in [0.25, 0.3) is 0 Å². The lowest BCUT2D eigenvalue weighted by Gasteiger charge is -1.93. The van der Waals surface area contributed by atoms with Gasteiger partial charge in [0.05, 0.1) is 0 Å². The molecule has 0 aliphatic heterocycles. The average Bonchev–Trinajstić information content (AvgIpc) is 2.21. The minimum atomic E-state index is -0.415. The van der Waals surface area contributed by atoms with Crippen molar-refractivity contribution in [1.82, 2.24) is 5.43 Å². The summed E-state index contributed by atoms with van der Waals surface area (Å²) in [5, 5.41) is 0. The van der Waals surface area contributed by atoms with Crippen LogP contribution in [0.15, 0.2) is 24.3 Å². The molecule has 0 aliphatic rings. The van der Waals surface area contributed by atoms with Crippen LogP contribution in [0.3, 0.4) is 0 Å². The van der Waals surface area contributed by atoms with Crippen molar-refractivity contribution in [3.05, 3.63) is 30.1 Å². The maximum absolute atomic E-state index is 13.1. The van der Waals surface area contributed by atoms with Gasteiger partial charge in [0, 0.05) is 0 Å². The van der Waals surface area contributed by atoms with Crippen LogP contribution in [0.5, 0.6) is 0 Å². The predicted octanol–water partition coefficient (Wildman–Crippen LogP) is -4.29. The summed E-state index contributed by atoms with van der Waals surface area (Å²) in [5.74, 6) is 4.70. The van der Waals surface area contributed by atoms with Crippen LogP contribution in [0, 0.1) is 5.82 Å². The minimum absolute atomic E-state index is 0.0522. The summed E-state index contributed by atoms with van der Waals surface area (Å²) in [7, 11) is 0. The number of nitrogens with two attached hydrogens (primary N) is 3. The Labute approximate surface area is 85.7 Å². The molecule has 0 atom stereocenters. The number of guanidine groups is 2. The summed E-state index contributed by atoms with van der Waals surface area (Å²) in [6.07, 6.45) is 0. The first kappa shape index (κ1) is 10.9. The van der Waals surface area contributed by atoms with E-state index >= 15 is 0 Å². The van der Waals surface area contributed by atoms with Crippen LogP contribution in [0.25, 0.3) is 0 Å². The lowest BCUT2D eigenvalue weighted by atomic mass is 10.3. The van der Waals surface area contributed by atoms with E-state index < -0.39 is 5.82 Å². The number of rotatable bonds is 1. The normalized spacial score (nSPS) is 12.7. The highest BCUT2D eigenvalue weighted by Gasteiger charge is 2.05. The third kappa shape index (κ3) is 3.24. The van der Waals surface area contributed by atoms with Gasteiger partial charge in [0.2, 0.25) is 0 Å². The van der Waals surface area contributed by atoms with E-state index in [9.17, 15) is 4.39 Å². The first-order valence-electron chi connectivity index (χ1n) is 4.13. The number of nitrogens with one attached hydrogen (secondary N) is 3. The van der Waals surface area contributed by atoms with E-state index in [4.69, 9.17) is 17.3 Å². The fourth-order valence-corrected chi connectivity index (χ4v) is 0.920. The Balaban J connectivity index is 2.93. The van der Waals surface area contributed by atoms with Crippen LogP contribution >= 0.6 is 0 Å². The molecule has 0 saturated carbocycles. The molecule has 9 N–H and O–H groups in total. The largest absolute Gasteiger partial charge is 0.403 e. The van der Waals surface area contributed by atoms with E-state index in [1.807, 2.05) is 0 Å². The van der Waals surface area contributed by atoms with Crippen molar-refractivity contribution >= 4 is 17.6 Å². The summed E-state index contributed by atoms with van der Waals surface area (Å²) in [6.45, 7) is 0. The Bertz CT molecular complexity index is 400. The molecule has 0 spiro atoms. The number of benzene rings is 1. The third-order valence-electron chi connectivity index (χ3n) is 1.57. The molecule has 0 aliphatic carbocycles. The Morgan fingerprint density at radius 1 is 1.27 bits per heavy atom. The first-order chi connectivity index (χ1) is 7.13. The Morgan fingerprint density at radius 2 is 1.93 bits per heavy atom. The molecule has 0 fully saturated rings. The second kappa shape index (κ2) is 4.91. The Kier molecular flexibility index (Phi) is 3.58. The van der Waals surface area contributed by atoms with Gasteiger partial charge < -0.3 is 0 Å². The van der Waals surface area contributed by atoms with Crippen LogP contribution in [0.4, 0.5) is 10.1 Å². The molecule has 6 nitrogen and oxygen atoms in total. The zero-order valence-corrected chi connectivity index (χ0v) is 7.92. The number of halogens is 1. The summed E-state index contributed by atoms with van der Waals surface area (Å²) in [4.78, 5) is 5.07. The standard InChI is InChI=1S/C8H11FN6/c9-5-3-1-2-4-6(5)13-7(10)14-8(11)15-12/h1-4H,12H2,(H5,10,11,13,14,15)/p+2. The molecule has 1 rings (SSSR count). The van der Waals surface area contributed by atoms with Crippen LogP contribution in [-0.2, 0) is 0 Å². The van der Waals surface area contributed by atoms with Crippen LogP contribution in [0.1, 0.15) is 0 Å². The molecule has 0 heterocycles. The molecule has 0 bridgehead atoms. The zero-order chi connectivity index (χ0) is 11.3. The van der Waals surface area contributed by atoms with Crippen LogP contribution in [0.2, 0.25) is 0 Å². The third-order valence-corrected chi connectivity index (χ3v) is 1.57. The molecule has 0 saturated heterocycles. The van der Waals surface area contributed by atoms with E-state index in [0.717, 1.165) is 0 Å². The molecular weight excluding hydrogens is 199 g/mol. The maximum atomic E-state index is 13.1. The summed E-state index contributed by atoms with van der Waals surface area (Å²) in [5.41, 5.74) is 13.2. The summed E-state index contributed by atoms with van der Waals surface area (Å²) in [6, 6.07) is 6.10. The fourth-order valence-electron chi connectivity index (χ4n) is 0.920. The van der Waals surface area contributed by atoms with E-state index in [1.165, 1.54) is 12.1 Å². The van der Waals surface area contributed by atoms with Gasteiger partial charge in [-0.15, -0.1) is 0 Å². The number of hydrogen-bond donors (Lipinski definition) is 6. The average molecular weight is 212 g/mol. The van der Waals surface area contributed by atoms with Crippen molar-refractivity contribution in [2.24, 2.45) is 17.3 Å². The van der Waals surface area contributed by atoms with Gasteiger partial charge in [0.15, 0.2) is 5.82 Å². The van der Waals surface area contributed by atoms with E-state index in [-0.39, 0.29) is 17.6 Å². The molecule has 0 radical (unpaired) electrons. The van der Waals surface area contributed by atoms with E-state index in [1.54, 1.807) is 12.1 Å². The second-order valence-electron chi connectivity index (χ2n) is 2.70. The second-order valence-corrected chi connectivity index (χ2v) is 2.70. The predicted molar refractivity (Wildman–Crippen MR) is 53.7 cm³/mol. The minimum Gasteiger partial charge on any atom is -0.274 e. The molecular formula is C8H13FN6+2. The van der Waals surface area contributed by atoms with Crippen molar-refractivity contribution in [3.63, 3.8) is 0 Å². The van der Waals surface area contributed by atoms with Gasteiger partial charge in [-0.05, 0) is 12.1 Å². The van der Waals surface area contributed by atoms with Crippen molar-refractivity contribution < 1.29 is 14.4 Å². The van der Waals surface area contributed by atoms with Gasteiger partial charge in [0.1, 0.15) is 5.69 Å². The zero-order valence-electron chi connectivity index (χ0n) is 7.92. The van der Waals surface area contributed by atoms with Crippen molar-refractivity contribution in [3.8, 4) is 0 Å². The van der Waals surface area contributed by atoms with Gasteiger partial charge >= 0.3 is 11.9 Å². The van der Waals surface area contributed by atoms with Gasteiger partial charge in [-0.2, -0.15) is 16.3 Å². The smallest absolute Gasteiger partial charge is 0.274 e. The lowest BCUT2D eigenvalue weighted by molar-refractivity contribution is -0.461. The number of para-hydroxylation sites is 1. The molecule has 7 heteroatoms. The summed E-state index contributed by atoms with van der Waals surface area (Å²) < 4.78 is 13.1. The Morgan fingerprint density at radius 3 is 2.53 bits per heavy atom. The molecule has 0 amide bonds. The Hall–Kier alpha value is -2.15. The fraction of sp³-hybridized carbons (Fsp3) is 0. The van der Waals surface area contributed by atoms with Gasteiger partial charge in [-0.25, -0.2) is 9.38 Å². The highest BCUT2D eigenvalue weighted by molar-refractivity contribution is 5.76. The number of hydrogen-bond acceptors (Lipinski definition) is 1. The lowest BCUT2D eigenvalue weighted by Crippen LogP contribution is -2.96. The van der Waals surface area contributed by atoms with E-state index in [2.05, 4.69) is 15.4 Å². The topological polar surface area (TPSA) is 118 Å². The molecule has 0 unspecified atom stereocenters. The molecule has 1 aromatic carbocycles. The van der Waals surface area contributed by atoms with E-state index in [0.29, 0.717) is 0 Å². The number of hydrazine groups is 1. The monoisotopic (exact) mass is 212 g/mol. The highest BCUT2D eigenvalue weighted by atomic mass is 19.1. The molecule has 1 aromatic rings. The quantitative estimate of drug-likeness (QED) is 0.122. The SMILES string of the molecule is NNC(N)=[NH+]C(N)=[NH+]c1ccccc1F. The van der Waals surface area contributed by atoms with Crippen molar-refractivity contribution in [1.29, 1.82) is 0 Å². The molecule has 15 heavy (non-hydrogen) atoms. The van der Waals surface area contributed by atoms with Crippen molar-refractivity contribution in [2.45, 2.75) is 0 Å². The highest BCUT2D eigenvalue weighted by Crippen LogP contribution is 2.04. The first-order valence-corrected chi connectivity index (χ1v) is 4.13. The van der Waals surface area contributed by atoms with Crippen LogP contribution < -0.4 is 32.7 Å². The molecule has 0 aromatic heterocycles. The maximum Gasteiger partial charge on any atom is 0.403 e. The van der Waals surface area contributed by atoms with Gasteiger partial charge in [-0.1, -0.05) is 12.1 Å². The summed E-state index contributed by atoms with van der Waals surface area (Å²) >= 11 is 0.